The van der Waals surface area contributed by atoms with Crippen LogP contribution in [0.4, 0.5) is 0 Å². The maximum absolute atomic E-state index is 7.75. The molecule has 0 atom stereocenters. The Morgan fingerprint density at radius 2 is 1.35 bits per heavy atom. The van der Waals surface area contributed by atoms with Gasteiger partial charge in [-0.15, -0.1) is 0 Å². The third kappa shape index (κ3) is 67.2. The molecule has 17 heavy (non-hydrogen) atoms. The molecule has 0 aliphatic rings. The van der Waals surface area contributed by atoms with Crippen LogP contribution in [-0.4, -0.2) is 19.1 Å². The van der Waals surface area contributed by atoms with Crippen LogP contribution in [-0.2, 0) is 29.1 Å². The fraction of sp³-hybridized carbons (Fsp3) is 0.692. The number of hydrogen-bond acceptors (Lipinski definition) is 2. The Bertz CT molecular complexity index is 161. The molecule has 0 aliphatic heterocycles. The Kier molecular flexibility index (Phi) is 43.4. The van der Waals surface area contributed by atoms with Crippen LogP contribution >= 0.6 is 0 Å². The van der Waals surface area contributed by atoms with E-state index in [1.807, 2.05) is 13.8 Å². The average Bonchev–Trinajstić information content (AvgIpc) is 2.23. The van der Waals surface area contributed by atoms with E-state index in [1.165, 1.54) is 5.92 Å². The van der Waals surface area contributed by atoms with Crippen LogP contribution < -0.4 is 0 Å². The molecule has 0 amide bonds. The quantitative estimate of drug-likeness (QED) is 0.442. The van der Waals surface area contributed by atoms with Crippen LogP contribution in [0.2, 0.25) is 0 Å². The summed E-state index contributed by atoms with van der Waals surface area (Å²) in [6.45, 7) is 25.5. The molecule has 0 aromatic rings. The number of carbonyl (C=O) groups excluding carboxylic acids is 2. The van der Waals surface area contributed by atoms with Crippen LogP contribution in [0.25, 0.3) is 4.85 Å². The molecule has 0 spiro atoms. The molecule has 0 rings (SSSR count). The van der Waals surface area contributed by atoms with Gasteiger partial charge >= 0.3 is 19.5 Å². The molecule has 4 heteroatoms. The number of rotatable bonds is 2. The van der Waals surface area contributed by atoms with Gasteiger partial charge in [0.25, 0.3) is 0 Å². The summed E-state index contributed by atoms with van der Waals surface area (Å²) in [7, 11) is 0. The Balaban J connectivity index is -0.0000000457. The number of hydrogen-bond donors (Lipinski definition) is 0. The van der Waals surface area contributed by atoms with Gasteiger partial charge in [0.2, 0.25) is 5.54 Å². The molecular weight excluding hydrogens is 303 g/mol. The topological polar surface area (TPSA) is 38.5 Å². The van der Waals surface area contributed by atoms with Crippen molar-refractivity contribution in [2.75, 3.05) is 0 Å². The molecular formula is C13H24NO2Ru+. The van der Waals surface area contributed by atoms with E-state index in [4.69, 9.17) is 16.2 Å². The smallest absolute Gasteiger partial charge is 0.545 e. The van der Waals surface area contributed by atoms with Gasteiger partial charge in [-0.25, -0.2) is 6.57 Å². The second kappa shape index (κ2) is 24.6. The summed E-state index contributed by atoms with van der Waals surface area (Å²) in [5.41, 5.74) is -0.116. The fourth-order valence-electron chi connectivity index (χ4n) is 0.668. The second-order valence-corrected chi connectivity index (χ2v) is 4.17. The van der Waals surface area contributed by atoms with Crippen LogP contribution in [0.5, 0.6) is 0 Å². The van der Waals surface area contributed by atoms with Gasteiger partial charge in [0.15, 0.2) is 0 Å². The first-order chi connectivity index (χ1) is 7.35. The van der Waals surface area contributed by atoms with E-state index in [9.17, 15) is 0 Å². The van der Waals surface area contributed by atoms with Gasteiger partial charge in [0, 0.05) is 20.3 Å². The van der Waals surface area contributed by atoms with Crippen LogP contribution in [0.1, 0.15) is 54.4 Å². The largest absolute Gasteiger partial charge is 4.00 e. The molecule has 0 saturated heterocycles. The van der Waals surface area contributed by atoms with E-state index in [0.29, 0.717) is 0 Å². The van der Waals surface area contributed by atoms with Crippen LogP contribution in [0, 0.1) is 12.5 Å². The monoisotopic (exact) mass is 328 g/mol. The molecule has 0 saturated carbocycles. The van der Waals surface area contributed by atoms with E-state index in [0.717, 1.165) is 12.8 Å². The summed E-state index contributed by atoms with van der Waals surface area (Å²) < 4.78 is 0. The Morgan fingerprint density at radius 3 is 1.41 bits per heavy atom. The molecule has 0 fully saturated rings. The van der Waals surface area contributed by atoms with Crippen molar-refractivity contribution in [3.05, 3.63) is 17.3 Å². The molecule has 0 unspecified atom stereocenters. The fourth-order valence-corrected chi connectivity index (χ4v) is 0.668. The van der Waals surface area contributed by atoms with E-state index in [1.54, 1.807) is 0 Å². The summed E-state index contributed by atoms with van der Waals surface area (Å²) in [5.74, 6) is 1.42. The first kappa shape index (κ1) is 30.0. The minimum atomic E-state index is -0.116. The first-order valence-electron chi connectivity index (χ1n) is 4.98. The zero-order chi connectivity index (χ0) is 14.2. The third-order valence-electron chi connectivity index (χ3n) is 1.16. The van der Waals surface area contributed by atoms with Crippen molar-refractivity contribution in [1.29, 1.82) is 0 Å². The molecule has 0 N–H and O–H groups in total. The van der Waals surface area contributed by atoms with Crippen molar-refractivity contribution in [2.24, 2.45) is 0 Å². The zero-order valence-corrected chi connectivity index (χ0v) is 13.4. The summed E-state index contributed by atoms with van der Waals surface area (Å²) in [5, 5.41) is 0. The van der Waals surface area contributed by atoms with Gasteiger partial charge in [0.05, 0.1) is 0 Å². The maximum Gasteiger partial charge on any atom is 4.00 e. The van der Waals surface area contributed by atoms with Crippen molar-refractivity contribution in [2.45, 2.75) is 59.9 Å². The van der Waals surface area contributed by atoms with E-state index in [2.05, 4.69) is 46.1 Å². The van der Waals surface area contributed by atoms with Gasteiger partial charge < -0.3 is 20.4 Å². The van der Waals surface area contributed by atoms with E-state index >= 15 is 0 Å². The average molecular weight is 327 g/mol. The van der Waals surface area contributed by atoms with Crippen molar-refractivity contribution in [3.63, 3.8) is 0 Å². The van der Waals surface area contributed by atoms with Crippen molar-refractivity contribution in [3.8, 4) is 0 Å². The SMILES string of the molecule is C[C-](C)C.[C-]#[N+]C(C)(C)CCC.[CH-]=O.[CH-]=O.[Ru+4]. The second-order valence-electron chi connectivity index (χ2n) is 4.17. The van der Waals surface area contributed by atoms with Crippen molar-refractivity contribution >= 4 is 13.6 Å². The minimum Gasteiger partial charge on any atom is -0.545 e. The van der Waals surface area contributed by atoms with Crippen LogP contribution in [0.3, 0.4) is 0 Å². The summed E-state index contributed by atoms with van der Waals surface area (Å²) in [4.78, 5) is 19.0. The molecule has 0 aromatic carbocycles. The van der Waals surface area contributed by atoms with Gasteiger partial charge in [-0.2, -0.15) is 20.8 Å². The summed E-state index contributed by atoms with van der Waals surface area (Å²) in [6, 6.07) is 0. The minimum absolute atomic E-state index is 0. The summed E-state index contributed by atoms with van der Waals surface area (Å²) in [6.07, 6.45) is 2.12. The first-order valence-corrected chi connectivity index (χ1v) is 4.98. The normalized spacial score (nSPS) is 7.65. The molecule has 100 valence electrons. The van der Waals surface area contributed by atoms with Gasteiger partial charge in [-0.3, -0.25) is 13.6 Å². The molecule has 3 nitrogen and oxygen atoms in total. The molecule has 0 heterocycles. The Morgan fingerprint density at radius 1 is 1.12 bits per heavy atom. The van der Waals surface area contributed by atoms with Crippen LogP contribution in [0.15, 0.2) is 0 Å². The molecule has 0 aliphatic carbocycles. The Hall–Kier alpha value is -0.547. The zero-order valence-electron chi connectivity index (χ0n) is 11.7. The van der Waals surface area contributed by atoms with E-state index in [-0.39, 0.29) is 25.0 Å². The Labute approximate surface area is 120 Å². The van der Waals surface area contributed by atoms with Gasteiger partial charge in [-0.05, 0) is 6.42 Å². The standard InChI is InChI=1S/C7H13N.C4H9.2CHO.Ru/c1-5-6-7(2,3)8-4;1-4(2)3;2*1-2;/h5-6H2,1-3H3;1-3H3;2*1H;/q;3*-1;+4. The third-order valence-corrected chi connectivity index (χ3v) is 1.16. The van der Waals surface area contributed by atoms with Gasteiger partial charge in [-0.1, -0.05) is 6.92 Å². The maximum atomic E-state index is 7.75. The molecule has 0 radical (unpaired) electrons. The predicted octanol–water partition coefficient (Wildman–Crippen LogP) is 3.55. The summed E-state index contributed by atoms with van der Waals surface area (Å²) >= 11 is 0. The number of nitrogens with zero attached hydrogens (tertiary/aromatic N) is 1. The van der Waals surface area contributed by atoms with E-state index < -0.39 is 0 Å². The molecule has 0 bridgehead atoms. The molecule has 0 aromatic heterocycles. The predicted molar refractivity (Wildman–Crippen MR) is 69.4 cm³/mol. The van der Waals surface area contributed by atoms with Crippen molar-refractivity contribution in [1.82, 2.24) is 0 Å². The van der Waals surface area contributed by atoms with Gasteiger partial charge in [0.1, 0.15) is 0 Å². The van der Waals surface area contributed by atoms with Crippen molar-refractivity contribution < 1.29 is 29.1 Å².